The number of carboxylic acids is 1. The molecule has 8 heteroatoms. The van der Waals surface area contributed by atoms with Crippen molar-refractivity contribution in [3.05, 3.63) is 22.7 Å². The first-order chi connectivity index (χ1) is 10.0. The number of carboxylic acid groups (broad SMARTS) is 1. The molecule has 1 fully saturated rings. The number of nitrogens with zero attached hydrogens (tertiary/aromatic N) is 1. The van der Waals surface area contributed by atoms with Gasteiger partial charge in [-0.3, -0.25) is 0 Å². The number of nitrogens with one attached hydrogen (secondary N) is 1. The average Bonchev–Trinajstić information content (AvgIpc) is 2.46. The fraction of sp³-hybridized carbons (Fsp3) is 0.385. The maximum Gasteiger partial charge on any atom is 0.328 e. The van der Waals surface area contributed by atoms with Crippen LogP contribution in [-0.4, -0.2) is 54.9 Å². The van der Waals surface area contributed by atoms with Crippen LogP contribution in [0.15, 0.2) is 22.7 Å². The number of ether oxygens (including phenoxy) is 2. The van der Waals surface area contributed by atoms with Crippen LogP contribution >= 0.6 is 15.9 Å². The Labute approximate surface area is 130 Å². The first-order valence-corrected chi connectivity index (χ1v) is 7.03. The number of hydrogen-bond donors (Lipinski definition) is 2. The van der Waals surface area contributed by atoms with Crippen LogP contribution in [0.4, 0.5) is 10.5 Å². The van der Waals surface area contributed by atoms with Gasteiger partial charge in [-0.1, -0.05) is 15.9 Å². The van der Waals surface area contributed by atoms with E-state index in [9.17, 15) is 9.59 Å². The first kappa shape index (κ1) is 15.6. The van der Waals surface area contributed by atoms with E-state index in [4.69, 9.17) is 14.6 Å². The quantitative estimate of drug-likeness (QED) is 0.859. The molecule has 2 rings (SSSR count). The maximum absolute atomic E-state index is 12.2. The van der Waals surface area contributed by atoms with Gasteiger partial charge in [-0.05, 0) is 12.1 Å². The molecule has 21 heavy (non-hydrogen) atoms. The van der Waals surface area contributed by atoms with Crippen LogP contribution in [0.3, 0.4) is 0 Å². The fourth-order valence-corrected chi connectivity index (χ4v) is 2.47. The molecule has 1 atom stereocenters. The van der Waals surface area contributed by atoms with Crippen molar-refractivity contribution in [1.82, 2.24) is 4.90 Å². The van der Waals surface area contributed by atoms with Gasteiger partial charge in [0.05, 0.1) is 20.3 Å². The number of carbonyl (C=O) groups is 2. The highest BCUT2D eigenvalue weighted by Gasteiger charge is 2.32. The molecule has 114 valence electrons. The van der Waals surface area contributed by atoms with Crippen LogP contribution in [0.5, 0.6) is 5.75 Å². The third-order valence-corrected chi connectivity index (χ3v) is 3.49. The Morgan fingerprint density at radius 2 is 2.24 bits per heavy atom. The largest absolute Gasteiger partial charge is 0.497 e. The van der Waals surface area contributed by atoms with Gasteiger partial charge in [0.2, 0.25) is 0 Å². The molecule has 0 bridgehead atoms. The zero-order valence-electron chi connectivity index (χ0n) is 11.3. The van der Waals surface area contributed by atoms with Crippen LogP contribution in [-0.2, 0) is 9.53 Å². The molecule has 1 aliphatic heterocycles. The number of rotatable bonds is 3. The summed E-state index contributed by atoms with van der Waals surface area (Å²) in [5.74, 6) is -0.506. The molecule has 1 saturated heterocycles. The lowest BCUT2D eigenvalue weighted by Crippen LogP contribution is -2.53. The standard InChI is InChI=1S/C13H15BrN2O5/c1-20-10-5-8(14)4-9(6-10)15-13(19)16-2-3-21-7-11(16)12(17)18/h4-6,11H,2-3,7H2,1H3,(H,15,19)(H,17,18). The van der Waals surface area contributed by atoms with Gasteiger partial charge in [0.1, 0.15) is 5.75 Å². The fourth-order valence-electron chi connectivity index (χ4n) is 2.00. The van der Waals surface area contributed by atoms with Gasteiger partial charge in [0.25, 0.3) is 0 Å². The molecule has 0 spiro atoms. The summed E-state index contributed by atoms with van der Waals surface area (Å²) in [6.45, 7) is 0.539. The molecule has 1 aromatic carbocycles. The van der Waals surface area contributed by atoms with E-state index in [1.165, 1.54) is 12.0 Å². The summed E-state index contributed by atoms with van der Waals surface area (Å²) in [6, 6.07) is 3.65. The number of benzene rings is 1. The van der Waals surface area contributed by atoms with Crippen molar-refractivity contribution in [3.63, 3.8) is 0 Å². The van der Waals surface area contributed by atoms with E-state index < -0.39 is 18.0 Å². The summed E-state index contributed by atoms with van der Waals surface area (Å²) in [4.78, 5) is 24.6. The Balaban J connectivity index is 2.13. The van der Waals surface area contributed by atoms with E-state index in [0.717, 1.165) is 4.47 Å². The van der Waals surface area contributed by atoms with E-state index in [-0.39, 0.29) is 13.2 Å². The molecule has 1 unspecified atom stereocenters. The Bertz CT molecular complexity index is 551. The molecule has 0 aliphatic carbocycles. The number of carbonyl (C=O) groups excluding carboxylic acids is 1. The highest BCUT2D eigenvalue weighted by atomic mass is 79.9. The predicted octanol–water partition coefficient (Wildman–Crippen LogP) is 1.77. The summed E-state index contributed by atoms with van der Waals surface area (Å²) in [7, 11) is 1.52. The van der Waals surface area contributed by atoms with Gasteiger partial charge < -0.3 is 24.8 Å². The smallest absolute Gasteiger partial charge is 0.328 e. The van der Waals surface area contributed by atoms with E-state index in [2.05, 4.69) is 21.2 Å². The monoisotopic (exact) mass is 358 g/mol. The van der Waals surface area contributed by atoms with Gasteiger partial charge in [-0.2, -0.15) is 0 Å². The highest BCUT2D eigenvalue weighted by molar-refractivity contribution is 9.10. The normalized spacial score (nSPS) is 18.2. The van der Waals surface area contributed by atoms with Gasteiger partial charge in [0, 0.05) is 22.8 Å². The van der Waals surface area contributed by atoms with Gasteiger partial charge in [0.15, 0.2) is 6.04 Å². The van der Waals surface area contributed by atoms with Crippen LogP contribution < -0.4 is 10.1 Å². The van der Waals surface area contributed by atoms with Gasteiger partial charge >= 0.3 is 12.0 Å². The zero-order valence-corrected chi connectivity index (χ0v) is 12.9. The molecule has 0 aromatic heterocycles. The van der Waals surface area contributed by atoms with E-state index >= 15 is 0 Å². The molecule has 1 heterocycles. The summed E-state index contributed by atoms with van der Waals surface area (Å²) in [6.07, 6.45) is 0. The Kier molecular flexibility index (Phi) is 5.03. The number of methoxy groups -OCH3 is 1. The number of urea groups is 1. The second-order valence-corrected chi connectivity index (χ2v) is 5.35. The molecule has 7 nitrogen and oxygen atoms in total. The lowest BCUT2D eigenvalue weighted by Gasteiger charge is -2.32. The van der Waals surface area contributed by atoms with Crippen LogP contribution in [0, 0.1) is 0 Å². The molecule has 1 aromatic rings. The van der Waals surface area contributed by atoms with Crippen molar-refractivity contribution in [2.75, 3.05) is 32.2 Å². The number of aliphatic carboxylic acids is 1. The van der Waals surface area contributed by atoms with E-state index in [1.807, 2.05) is 0 Å². The molecule has 0 radical (unpaired) electrons. The minimum absolute atomic E-state index is 0.00937. The lowest BCUT2D eigenvalue weighted by molar-refractivity contribution is -0.147. The van der Waals surface area contributed by atoms with Crippen molar-refractivity contribution < 1.29 is 24.2 Å². The van der Waals surface area contributed by atoms with E-state index in [0.29, 0.717) is 18.0 Å². The minimum Gasteiger partial charge on any atom is -0.497 e. The molecular formula is C13H15BrN2O5. The van der Waals surface area contributed by atoms with Crippen molar-refractivity contribution in [2.24, 2.45) is 0 Å². The minimum atomic E-state index is -1.09. The zero-order chi connectivity index (χ0) is 15.4. The molecule has 2 amide bonds. The molecule has 2 N–H and O–H groups in total. The number of halogens is 1. The van der Waals surface area contributed by atoms with E-state index in [1.54, 1.807) is 18.2 Å². The van der Waals surface area contributed by atoms with Gasteiger partial charge in [-0.25, -0.2) is 9.59 Å². The Morgan fingerprint density at radius 3 is 2.90 bits per heavy atom. The van der Waals surface area contributed by atoms with Crippen LogP contribution in [0.25, 0.3) is 0 Å². The topological polar surface area (TPSA) is 88.1 Å². The second-order valence-electron chi connectivity index (χ2n) is 4.43. The van der Waals surface area contributed by atoms with Crippen LogP contribution in [0.2, 0.25) is 0 Å². The Hall–Kier alpha value is -1.80. The molecular weight excluding hydrogens is 344 g/mol. The van der Waals surface area contributed by atoms with Gasteiger partial charge in [-0.15, -0.1) is 0 Å². The summed E-state index contributed by atoms with van der Waals surface area (Å²) in [5, 5.41) is 11.8. The number of amides is 2. The lowest BCUT2D eigenvalue weighted by atomic mass is 10.2. The van der Waals surface area contributed by atoms with Crippen molar-refractivity contribution in [2.45, 2.75) is 6.04 Å². The Morgan fingerprint density at radius 1 is 1.48 bits per heavy atom. The maximum atomic E-state index is 12.2. The number of hydrogen-bond acceptors (Lipinski definition) is 4. The highest BCUT2D eigenvalue weighted by Crippen LogP contribution is 2.25. The number of morpholine rings is 1. The summed E-state index contributed by atoms with van der Waals surface area (Å²) >= 11 is 3.32. The summed E-state index contributed by atoms with van der Waals surface area (Å²) < 4.78 is 11.0. The first-order valence-electron chi connectivity index (χ1n) is 6.24. The predicted molar refractivity (Wildman–Crippen MR) is 78.7 cm³/mol. The van der Waals surface area contributed by atoms with Crippen molar-refractivity contribution >= 4 is 33.6 Å². The van der Waals surface area contributed by atoms with Crippen molar-refractivity contribution in [1.29, 1.82) is 0 Å². The van der Waals surface area contributed by atoms with Crippen molar-refractivity contribution in [3.8, 4) is 5.75 Å². The SMILES string of the molecule is COc1cc(Br)cc(NC(=O)N2CCOCC2C(=O)O)c1. The number of anilines is 1. The average molecular weight is 359 g/mol. The van der Waals surface area contributed by atoms with Crippen LogP contribution in [0.1, 0.15) is 0 Å². The third-order valence-electron chi connectivity index (χ3n) is 3.03. The third kappa shape index (κ3) is 3.85. The molecule has 0 saturated carbocycles. The molecule has 1 aliphatic rings. The summed E-state index contributed by atoms with van der Waals surface area (Å²) in [5.41, 5.74) is 0.516. The second kappa shape index (κ2) is 6.77.